The number of carbonyl (C=O) groups excluding carboxylic acids is 1. The minimum atomic E-state index is -0.427. The molecular weight excluding hydrogens is 258 g/mol. The number of rotatable bonds is 6. The number of nitrogens with one attached hydrogen (secondary N) is 1. The lowest BCUT2D eigenvalue weighted by Gasteiger charge is -2.22. The van der Waals surface area contributed by atoms with Crippen LogP contribution in [-0.4, -0.2) is 34.8 Å². The average molecular weight is 281 g/mol. The van der Waals surface area contributed by atoms with E-state index in [2.05, 4.69) is 26.1 Å². The van der Waals surface area contributed by atoms with E-state index in [1.54, 1.807) is 6.92 Å². The molecule has 1 rings (SSSR count). The Labute approximate surface area is 119 Å². The number of aliphatic hydroxyl groups is 1. The summed E-state index contributed by atoms with van der Waals surface area (Å²) in [5.41, 5.74) is 0.728. The van der Waals surface area contributed by atoms with Gasteiger partial charge in [-0.3, -0.25) is 4.79 Å². The third-order valence-electron chi connectivity index (χ3n) is 2.57. The molecule has 2 N–H and O–H groups in total. The lowest BCUT2D eigenvalue weighted by molar-refractivity contribution is 0.101. The van der Waals surface area contributed by atoms with Crippen LogP contribution in [0.4, 0.5) is 0 Å². The summed E-state index contributed by atoms with van der Waals surface area (Å²) in [7, 11) is 0. The van der Waals surface area contributed by atoms with E-state index in [-0.39, 0.29) is 11.3 Å². The van der Waals surface area contributed by atoms with E-state index in [0.717, 1.165) is 10.5 Å². The highest BCUT2D eigenvalue weighted by atomic mass is 32.2. The third-order valence-corrected chi connectivity index (χ3v) is 3.78. The molecule has 0 aromatic heterocycles. The standard InChI is InChI=1S/C15H23NO2S/c1-11(17)13-7-5-6-8-14(13)19-10-12(18)9-16-15(2,3)4/h5-8,12,16,18H,9-10H2,1-4H3. The van der Waals surface area contributed by atoms with Crippen molar-refractivity contribution in [1.82, 2.24) is 5.32 Å². The summed E-state index contributed by atoms with van der Waals surface area (Å²) < 4.78 is 0. The summed E-state index contributed by atoms with van der Waals surface area (Å²) in [5.74, 6) is 0.637. The average Bonchev–Trinajstić information content (AvgIpc) is 2.33. The quantitative estimate of drug-likeness (QED) is 0.622. The van der Waals surface area contributed by atoms with Gasteiger partial charge in [-0.1, -0.05) is 18.2 Å². The number of aliphatic hydroxyl groups excluding tert-OH is 1. The SMILES string of the molecule is CC(=O)c1ccccc1SCC(O)CNC(C)(C)C. The summed E-state index contributed by atoms with van der Waals surface area (Å²) in [6.07, 6.45) is -0.427. The van der Waals surface area contributed by atoms with E-state index in [4.69, 9.17) is 0 Å². The molecule has 0 aliphatic heterocycles. The topological polar surface area (TPSA) is 49.3 Å². The Kier molecular flexibility index (Phi) is 6.04. The molecule has 0 amide bonds. The predicted molar refractivity (Wildman–Crippen MR) is 80.9 cm³/mol. The van der Waals surface area contributed by atoms with Crippen LogP contribution in [0.1, 0.15) is 38.1 Å². The molecule has 0 aliphatic carbocycles. The molecule has 0 fully saturated rings. The lowest BCUT2D eigenvalue weighted by Crippen LogP contribution is -2.41. The smallest absolute Gasteiger partial charge is 0.160 e. The molecule has 1 aromatic carbocycles. The van der Waals surface area contributed by atoms with E-state index in [1.165, 1.54) is 11.8 Å². The summed E-state index contributed by atoms with van der Waals surface area (Å²) in [6.45, 7) is 8.32. The molecule has 0 heterocycles. The van der Waals surface area contributed by atoms with Gasteiger partial charge < -0.3 is 10.4 Å². The van der Waals surface area contributed by atoms with Crippen LogP contribution in [0.15, 0.2) is 29.2 Å². The molecule has 19 heavy (non-hydrogen) atoms. The maximum atomic E-state index is 11.5. The van der Waals surface area contributed by atoms with Crippen LogP contribution < -0.4 is 5.32 Å². The second kappa shape index (κ2) is 7.08. The van der Waals surface area contributed by atoms with E-state index in [1.807, 2.05) is 24.3 Å². The number of carbonyl (C=O) groups is 1. The summed E-state index contributed by atoms with van der Waals surface area (Å²) >= 11 is 1.52. The van der Waals surface area contributed by atoms with Gasteiger partial charge in [0.05, 0.1) is 6.10 Å². The number of β-amino-alcohol motifs (C(OH)–C–C–N with tert-alkyl or cyclic N) is 1. The minimum absolute atomic E-state index is 0.00292. The van der Waals surface area contributed by atoms with Crippen molar-refractivity contribution >= 4 is 17.5 Å². The zero-order valence-electron chi connectivity index (χ0n) is 12.1. The van der Waals surface area contributed by atoms with Gasteiger partial charge in [-0.05, 0) is 33.8 Å². The third kappa shape index (κ3) is 6.23. The lowest BCUT2D eigenvalue weighted by atomic mass is 10.1. The number of benzene rings is 1. The zero-order chi connectivity index (χ0) is 14.5. The van der Waals surface area contributed by atoms with Crippen molar-refractivity contribution < 1.29 is 9.90 Å². The van der Waals surface area contributed by atoms with E-state index in [9.17, 15) is 9.90 Å². The number of hydrogen-bond acceptors (Lipinski definition) is 4. The first kappa shape index (κ1) is 16.2. The second-order valence-corrected chi connectivity index (χ2v) is 6.71. The first-order valence-electron chi connectivity index (χ1n) is 6.45. The molecule has 106 valence electrons. The van der Waals surface area contributed by atoms with Gasteiger partial charge >= 0.3 is 0 Å². The molecule has 1 unspecified atom stereocenters. The van der Waals surface area contributed by atoms with Crippen LogP contribution in [0.2, 0.25) is 0 Å². The van der Waals surface area contributed by atoms with Crippen molar-refractivity contribution in [2.75, 3.05) is 12.3 Å². The van der Waals surface area contributed by atoms with Crippen molar-refractivity contribution in [3.63, 3.8) is 0 Å². The first-order valence-corrected chi connectivity index (χ1v) is 7.44. The highest BCUT2D eigenvalue weighted by Crippen LogP contribution is 2.23. The fourth-order valence-corrected chi connectivity index (χ4v) is 2.58. The van der Waals surface area contributed by atoms with Gasteiger partial charge in [0, 0.05) is 28.3 Å². The molecule has 4 heteroatoms. The molecule has 1 atom stereocenters. The van der Waals surface area contributed by atoms with E-state index < -0.39 is 6.10 Å². The molecule has 0 bridgehead atoms. The Balaban J connectivity index is 2.51. The molecule has 0 radical (unpaired) electrons. The van der Waals surface area contributed by atoms with Gasteiger partial charge in [-0.15, -0.1) is 11.8 Å². The molecule has 1 aromatic rings. The zero-order valence-corrected chi connectivity index (χ0v) is 12.9. The molecule has 0 saturated heterocycles. The summed E-state index contributed by atoms with van der Waals surface area (Å²) in [4.78, 5) is 12.4. The number of ketones is 1. The highest BCUT2D eigenvalue weighted by Gasteiger charge is 2.13. The van der Waals surface area contributed by atoms with Crippen molar-refractivity contribution in [3.8, 4) is 0 Å². The van der Waals surface area contributed by atoms with Crippen LogP contribution in [0.5, 0.6) is 0 Å². The normalized spacial score (nSPS) is 13.3. The van der Waals surface area contributed by atoms with Crippen LogP contribution in [0.3, 0.4) is 0 Å². The Morgan fingerprint density at radius 1 is 1.37 bits per heavy atom. The van der Waals surface area contributed by atoms with Gasteiger partial charge in [-0.2, -0.15) is 0 Å². The van der Waals surface area contributed by atoms with Gasteiger partial charge in [0.15, 0.2) is 5.78 Å². The predicted octanol–water partition coefficient (Wildman–Crippen LogP) is 2.73. The van der Waals surface area contributed by atoms with Crippen molar-refractivity contribution in [1.29, 1.82) is 0 Å². The Bertz CT molecular complexity index is 426. The highest BCUT2D eigenvalue weighted by molar-refractivity contribution is 7.99. The molecule has 3 nitrogen and oxygen atoms in total. The number of Topliss-reactive ketones (excluding diaryl/α,β-unsaturated/α-hetero) is 1. The molecule has 0 aliphatic rings. The van der Waals surface area contributed by atoms with Gasteiger partial charge in [-0.25, -0.2) is 0 Å². The molecule has 0 spiro atoms. The summed E-state index contributed by atoms with van der Waals surface area (Å²) in [5, 5.41) is 13.2. The van der Waals surface area contributed by atoms with Crippen LogP contribution in [0, 0.1) is 0 Å². The molecule has 0 saturated carbocycles. The van der Waals surface area contributed by atoms with Crippen molar-refractivity contribution in [3.05, 3.63) is 29.8 Å². The maximum Gasteiger partial charge on any atom is 0.160 e. The number of thioether (sulfide) groups is 1. The minimum Gasteiger partial charge on any atom is -0.391 e. The van der Waals surface area contributed by atoms with Gasteiger partial charge in [0.25, 0.3) is 0 Å². The van der Waals surface area contributed by atoms with Crippen LogP contribution in [-0.2, 0) is 0 Å². The fraction of sp³-hybridized carbons (Fsp3) is 0.533. The second-order valence-electron chi connectivity index (χ2n) is 5.65. The van der Waals surface area contributed by atoms with Crippen molar-refractivity contribution in [2.45, 2.75) is 44.2 Å². The van der Waals surface area contributed by atoms with Crippen molar-refractivity contribution in [2.24, 2.45) is 0 Å². The Morgan fingerprint density at radius 3 is 2.58 bits per heavy atom. The maximum absolute atomic E-state index is 11.5. The van der Waals surface area contributed by atoms with E-state index >= 15 is 0 Å². The van der Waals surface area contributed by atoms with Gasteiger partial charge in [0.2, 0.25) is 0 Å². The van der Waals surface area contributed by atoms with E-state index in [0.29, 0.717) is 12.3 Å². The fourth-order valence-electron chi connectivity index (χ4n) is 1.55. The van der Waals surface area contributed by atoms with Crippen LogP contribution in [0.25, 0.3) is 0 Å². The van der Waals surface area contributed by atoms with Crippen LogP contribution >= 0.6 is 11.8 Å². The van der Waals surface area contributed by atoms with Gasteiger partial charge in [0.1, 0.15) is 0 Å². The first-order chi connectivity index (χ1) is 8.79. The Hall–Kier alpha value is -0.840. The summed E-state index contributed by atoms with van der Waals surface area (Å²) in [6, 6.07) is 7.52. The monoisotopic (exact) mass is 281 g/mol. The number of hydrogen-bond donors (Lipinski definition) is 2. The molecular formula is C15H23NO2S. The Morgan fingerprint density at radius 2 is 2.00 bits per heavy atom. The largest absolute Gasteiger partial charge is 0.391 e.